The lowest BCUT2D eigenvalue weighted by Crippen LogP contribution is -2.35. The Balaban J connectivity index is 1.56. The van der Waals surface area contributed by atoms with Crippen molar-refractivity contribution in [3.63, 3.8) is 0 Å². The quantitative estimate of drug-likeness (QED) is 0.433. The van der Waals surface area contributed by atoms with E-state index in [0.717, 1.165) is 36.2 Å². The van der Waals surface area contributed by atoms with E-state index in [2.05, 4.69) is 16.5 Å². The van der Waals surface area contributed by atoms with E-state index < -0.39 is 0 Å². The molecule has 0 radical (unpaired) electrons. The third kappa shape index (κ3) is 4.00. The number of hydrogen-bond donors (Lipinski definition) is 1. The minimum Gasteiger partial charge on any atom is -0.450 e. The van der Waals surface area contributed by atoms with Gasteiger partial charge in [-0.15, -0.1) is 22.7 Å². The first-order chi connectivity index (χ1) is 16.1. The molecule has 10 heteroatoms. The SMILES string of the molecule is CCOC(=O)N1CCc2c(sc(NC(=O)c3ccnn3CC)c2-c2nc3ccccc3s2)C1. The van der Waals surface area contributed by atoms with Gasteiger partial charge in [0.15, 0.2) is 0 Å². The molecule has 3 aromatic heterocycles. The number of para-hydroxylation sites is 1. The summed E-state index contributed by atoms with van der Waals surface area (Å²) in [5.74, 6) is -0.211. The molecule has 33 heavy (non-hydrogen) atoms. The Morgan fingerprint density at radius 3 is 2.82 bits per heavy atom. The standard InChI is InChI=1S/C23H23N5O3S2/c1-3-28-16(9-11-24-28)20(29)26-22-19(21-25-15-7-5-6-8-17(15)32-21)14-10-12-27(13-18(14)33-22)23(30)31-4-2/h5-9,11H,3-4,10,12-13H2,1-2H3,(H,26,29). The highest BCUT2D eigenvalue weighted by Gasteiger charge is 2.30. The van der Waals surface area contributed by atoms with Crippen LogP contribution in [-0.2, 0) is 24.2 Å². The number of thiazole rings is 1. The van der Waals surface area contributed by atoms with Gasteiger partial charge in [-0.2, -0.15) is 5.10 Å². The molecule has 1 aromatic carbocycles. The summed E-state index contributed by atoms with van der Waals surface area (Å²) in [4.78, 5) is 33.0. The van der Waals surface area contributed by atoms with E-state index in [0.29, 0.717) is 38.4 Å². The smallest absolute Gasteiger partial charge is 0.410 e. The number of thiophene rings is 1. The zero-order valence-corrected chi connectivity index (χ0v) is 20.0. The van der Waals surface area contributed by atoms with Gasteiger partial charge >= 0.3 is 6.09 Å². The molecule has 5 rings (SSSR count). The van der Waals surface area contributed by atoms with Crippen LogP contribution in [0.2, 0.25) is 0 Å². The summed E-state index contributed by atoms with van der Waals surface area (Å²) < 4.78 is 7.96. The number of carbonyl (C=O) groups excluding carboxylic acids is 2. The highest BCUT2D eigenvalue weighted by atomic mass is 32.1. The van der Waals surface area contributed by atoms with Crippen molar-refractivity contribution in [2.75, 3.05) is 18.5 Å². The summed E-state index contributed by atoms with van der Waals surface area (Å²) in [5, 5.41) is 8.94. The topological polar surface area (TPSA) is 89.4 Å². The second-order valence-corrected chi connectivity index (χ2v) is 9.69. The summed E-state index contributed by atoms with van der Waals surface area (Å²) in [6.07, 6.45) is 2.00. The molecule has 170 valence electrons. The Morgan fingerprint density at radius 2 is 2.03 bits per heavy atom. The number of anilines is 1. The molecule has 4 heterocycles. The molecule has 0 unspecified atom stereocenters. The maximum atomic E-state index is 13.1. The average molecular weight is 482 g/mol. The van der Waals surface area contributed by atoms with Crippen LogP contribution in [0, 0.1) is 0 Å². The van der Waals surface area contributed by atoms with Gasteiger partial charge in [-0.3, -0.25) is 9.48 Å². The van der Waals surface area contributed by atoms with E-state index in [1.165, 1.54) is 11.3 Å². The summed E-state index contributed by atoms with van der Waals surface area (Å²) in [5.41, 5.74) is 3.53. The van der Waals surface area contributed by atoms with E-state index in [1.54, 1.807) is 40.1 Å². The van der Waals surface area contributed by atoms with Crippen molar-refractivity contribution in [3.8, 4) is 10.6 Å². The molecule has 0 saturated heterocycles. The van der Waals surface area contributed by atoms with Crippen LogP contribution < -0.4 is 5.32 Å². The van der Waals surface area contributed by atoms with Gasteiger partial charge in [0.1, 0.15) is 15.7 Å². The minimum absolute atomic E-state index is 0.211. The zero-order valence-electron chi connectivity index (χ0n) is 18.3. The van der Waals surface area contributed by atoms with Gasteiger partial charge in [-0.1, -0.05) is 12.1 Å². The number of amides is 2. The third-order valence-electron chi connectivity index (χ3n) is 5.57. The van der Waals surface area contributed by atoms with Crippen LogP contribution in [0.4, 0.5) is 9.80 Å². The molecule has 2 amide bonds. The fourth-order valence-corrected chi connectivity index (χ4v) is 6.38. The highest BCUT2D eigenvalue weighted by Crippen LogP contribution is 2.45. The van der Waals surface area contributed by atoms with Crippen molar-refractivity contribution >= 4 is 49.9 Å². The zero-order chi connectivity index (χ0) is 22.9. The van der Waals surface area contributed by atoms with Crippen LogP contribution in [0.5, 0.6) is 0 Å². The number of aryl methyl sites for hydroxylation is 1. The number of benzene rings is 1. The number of carbonyl (C=O) groups is 2. The summed E-state index contributed by atoms with van der Waals surface area (Å²) >= 11 is 3.11. The summed E-state index contributed by atoms with van der Waals surface area (Å²) in [7, 11) is 0. The largest absolute Gasteiger partial charge is 0.450 e. The number of rotatable bonds is 5. The van der Waals surface area contributed by atoms with Crippen LogP contribution in [0.15, 0.2) is 36.5 Å². The molecule has 0 aliphatic carbocycles. The Kier molecular flexibility index (Phi) is 5.86. The van der Waals surface area contributed by atoms with Crippen molar-refractivity contribution < 1.29 is 14.3 Å². The fraction of sp³-hybridized carbons (Fsp3) is 0.304. The van der Waals surface area contributed by atoms with E-state index in [1.807, 2.05) is 25.1 Å². The number of nitrogens with zero attached hydrogens (tertiary/aromatic N) is 4. The Morgan fingerprint density at radius 1 is 1.18 bits per heavy atom. The first-order valence-corrected chi connectivity index (χ1v) is 12.5. The number of nitrogens with one attached hydrogen (secondary N) is 1. The van der Waals surface area contributed by atoms with Crippen LogP contribution >= 0.6 is 22.7 Å². The molecule has 0 saturated carbocycles. The molecular weight excluding hydrogens is 458 g/mol. The maximum Gasteiger partial charge on any atom is 0.410 e. The maximum absolute atomic E-state index is 13.1. The van der Waals surface area contributed by atoms with Gasteiger partial charge in [0.25, 0.3) is 5.91 Å². The first-order valence-electron chi connectivity index (χ1n) is 10.8. The molecule has 1 aliphatic rings. The second kappa shape index (κ2) is 8.95. The van der Waals surface area contributed by atoms with Crippen LogP contribution in [0.3, 0.4) is 0 Å². The molecule has 0 fully saturated rings. The van der Waals surface area contributed by atoms with E-state index >= 15 is 0 Å². The first kappa shape index (κ1) is 21.6. The molecule has 0 bridgehead atoms. The lowest BCUT2D eigenvalue weighted by Gasteiger charge is -2.26. The monoisotopic (exact) mass is 481 g/mol. The second-order valence-electron chi connectivity index (χ2n) is 7.55. The highest BCUT2D eigenvalue weighted by molar-refractivity contribution is 7.23. The van der Waals surface area contributed by atoms with Crippen LogP contribution in [0.1, 0.15) is 34.8 Å². The van der Waals surface area contributed by atoms with E-state index in [9.17, 15) is 9.59 Å². The van der Waals surface area contributed by atoms with Crippen molar-refractivity contribution in [2.24, 2.45) is 0 Å². The Bertz CT molecular complexity index is 1310. The molecule has 0 spiro atoms. The van der Waals surface area contributed by atoms with Gasteiger partial charge < -0.3 is 15.0 Å². The normalized spacial score (nSPS) is 13.2. The lowest BCUT2D eigenvalue weighted by atomic mass is 10.0. The molecule has 8 nitrogen and oxygen atoms in total. The minimum atomic E-state index is -0.310. The average Bonchev–Trinajstić information content (AvgIpc) is 3.54. The van der Waals surface area contributed by atoms with Gasteiger partial charge in [0.05, 0.1) is 23.4 Å². The summed E-state index contributed by atoms with van der Waals surface area (Å²) in [6, 6.07) is 9.73. The predicted octanol–water partition coefficient (Wildman–Crippen LogP) is 5.01. The molecular formula is C23H23N5O3S2. The van der Waals surface area contributed by atoms with Crippen LogP contribution in [0.25, 0.3) is 20.8 Å². The molecule has 1 N–H and O–H groups in total. The predicted molar refractivity (Wildman–Crippen MR) is 130 cm³/mol. The van der Waals surface area contributed by atoms with Crippen molar-refractivity contribution in [1.29, 1.82) is 0 Å². The van der Waals surface area contributed by atoms with Gasteiger partial charge in [0.2, 0.25) is 0 Å². The van der Waals surface area contributed by atoms with Crippen molar-refractivity contribution in [1.82, 2.24) is 19.7 Å². The number of aromatic nitrogens is 3. The van der Waals surface area contributed by atoms with Gasteiger partial charge in [0, 0.05) is 29.7 Å². The molecule has 1 aliphatic heterocycles. The molecule has 4 aromatic rings. The fourth-order valence-electron chi connectivity index (χ4n) is 4.01. The Labute approximate surface area is 198 Å². The van der Waals surface area contributed by atoms with E-state index in [-0.39, 0.29) is 12.0 Å². The van der Waals surface area contributed by atoms with E-state index in [4.69, 9.17) is 9.72 Å². The van der Waals surface area contributed by atoms with Crippen LogP contribution in [-0.4, -0.2) is 44.8 Å². The lowest BCUT2D eigenvalue weighted by molar-refractivity contribution is 0.101. The third-order valence-corrected chi connectivity index (χ3v) is 7.75. The number of hydrogen-bond acceptors (Lipinski definition) is 7. The number of ether oxygens (including phenoxy) is 1. The molecule has 0 atom stereocenters. The number of fused-ring (bicyclic) bond motifs is 2. The van der Waals surface area contributed by atoms with Gasteiger partial charge in [-0.25, -0.2) is 9.78 Å². The Hall–Kier alpha value is -3.24. The van der Waals surface area contributed by atoms with Gasteiger partial charge in [-0.05, 0) is 44.0 Å². The van der Waals surface area contributed by atoms with Crippen molar-refractivity contribution in [3.05, 3.63) is 52.7 Å². The van der Waals surface area contributed by atoms with Crippen molar-refractivity contribution in [2.45, 2.75) is 33.4 Å². The summed E-state index contributed by atoms with van der Waals surface area (Å²) in [6.45, 7) is 5.73.